The van der Waals surface area contributed by atoms with E-state index in [4.69, 9.17) is 0 Å². The summed E-state index contributed by atoms with van der Waals surface area (Å²) in [5.41, 5.74) is 0.498. The Hall–Kier alpha value is 0. The Balaban J connectivity index is 3.78. The quantitative estimate of drug-likeness (QED) is 0.487. The van der Waals surface area contributed by atoms with Gasteiger partial charge in [0.1, 0.15) is 0 Å². The van der Waals surface area contributed by atoms with Gasteiger partial charge in [0.25, 0.3) is 0 Å². The first kappa shape index (κ1) is 15.0. The summed E-state index contributed by atoms with van der Waals surface area (Å²) in [5.74, 6) is 2.51. The molecule has 92 valence electrons. The Labute approximate surface area is 97.8 Å². The van der Waals surface area contributed by atoms with Crippen molar-refractivity contribution < 1.29 is 0 Å². The maximum atomic E-state index is 2.43. The molecule has 0 aliphatic rings. The molecule has 0 aromatic rings. The second-order valence-electron chi connectivity index (χ2n) is 6.56. The Morgan fingerprint density at radius 1 is 0.800 bits per heavy atom. The fourth-order valence-corrected chi connectivity index (χ4v) is 1.94. The van der Waals surface area contributed by atoms with Gasteiger partial charge in [-0.2, -0.15) is 0 Å². The van der Waals surface area contributed by atoms with E-state index in [1.54, 1.807) is 0 Å². The van der Waals surface area contributed by atoms with Gasteiger partial charge in [-0.15, -0.1) is 0 Å². The zero-order chi connectivity index (χ0) is 12.1. The van der Waals surface area contributed by atoms with E-state index < -0.39 is 0 Å². The Morgan fingerprint density at radius 2 is 1.27 bits per heavy atom. The van der Waals surface area contributed by atoms with Crippen molar-refractivity contribution in [1.82, 2.24) is 0 Å². The lowest BCUT2D eigenvalue weighted by atomic mass is 9.70. The van der Waals surface area contributed by atoms with Gasteiger partial charge in [0.15, 0.2) is 0 Å². The lowest BCUT2D eigenvalue weighted by Crippen LogP contribution is -2.27. The third-order valence-corrected chi connectivity index (χ3v) is 4.43. The SMILES string of the molecule is CC(C)CCCCC(C)C(C)(C)C(C)C. The fourth-order valence-electron chi connectivity index (χ4n) is 1.94. The molecule has 0 saturated heterocycles. The molecule has 15 heavy (non-hydrogen) atoms. The largest absolute Gasteiger partial charge is 0.0628 e. The van der Waals surface area contributed by atoms with E-state index in [0.29, 0.717) is 5.41 Å². The van der Waals surface area contributed by atoms with E-state index in [0.717, 1.165) is 17.8 Å². The van der Waals surface area contributed by atoms with Crippen LogP contribution in [0, 0.1) is 23.2 Å². The molecule has 0 rings (SSSR count). The first-order valence-electron chi connectivity index (χ1n) is 6.78. The van der Waals surface area contributed by atoms with Crippen LogP contribution in [-0.2, 0) is 0 Å². The minimum atomic E-state index is 0.498. The molecular formula is C15H32. The summed E-state index contributed by atoms with van der Waals surface area (Å²) in [6, 6.07) is 0. The van der Waals surface area contributed by atoms with E-state index >= 15 is 0 Å². The maximum Gasteiger partial charge on any atom is -0.0305 e. The van der Waals surface area contributed by atoms with Gasteiger partial charge >= 0.3 is 0 Å². The number of rotatable bonds is 7. The molecule has 0 heterocycles. The van der Waals surface area contributed by atoms with E-state index in [2.05, 4.69) is 48.5 Å². The lowest BCUT2D eigenvalue weighted by molar-refractivity contribution is 0.140. The fraction of sp³-hybridized carbons (Fsp3) is 1.00. The summed E-state index contributed by atoms with van der Waals surface area (Å²) >= 11 is 0. The van der Waals surface area contributed by atoms with Crippen LogP contribution in [0.25, 0.3) is 0 Å². The summed E-state index contributed by atoms with van der Waals surface area (Å²) in [7, 11) is 0. The highest BCUT2D eigenvalue weighted by molar-refractivity contribution is 4.78. The molecule has 0 N–H and O–H groups in total. The normalized spacial score (nSPS) is 15.0. The van der Waals surface area contributed by atoms with Crippen molar-refractivity contribution >= 4 is 0 Å². The molecule has 0 radical (unpaired) electrons. The van der Waals surface area contributed by atoms with Crippen LogP contribution >= 0.6 is 0 Å². The maximum absolute atomic E-state index is 2.43. The minimum Gasteiger partial charge on any atom is -0.0628 e. The van der Waals surface area contributed by atoms with Crippen LogP contribution in [-0.4, -0.2) is 0 Å². The zero-order valence-corrected chi connectivity index (χ0v) is 12.1. The predicted molar refractivity (Wildman–Crippen MR) is 71.1 cm³/mol. The Bertz CT molecular complexity index is 153. The third-order valence-electron chi connectivity index (χ3n) is 4.43. The molecule has 0 fully saturated rings. The summed E-state index contributed by atoms with van der Waals surface area (Å²) < 4.78 is 0. The van der Waals surface area contributed by atoms with Crippen molar-refractivity contribution in [3.05, 3.63) is 0 Å². The molecule has 1 atom stereocenters. The summed E-state index contributed by atoms with van der Waals surface area (Å²) in [6.07, 6.45) is 5.62. The number of unbranched alkanes of at least 4 members (excludes halogenated alkanes) is 1. The van der Waals surface area contributed by atoms with Crippen molar-refractivity contribution in [2.75, 3.05) is 0 Å². The molecule has 0 saturated carbocycles. The van der Waals surface area contributed by atoms with Gasteiger partial charge in [-0.3, -0.25) is 0 Å². The van der Waals surface area contributed by atoms with Gasteiger partial charge in [0.05, 0.1) is 0 Å². The second kappa shape index (κ2) is 6.55. The van der Waals surface area contributed by atoms with Crippen LogP contribution < -0.4 is 0 Å². The monoisotopic (exact) mass is 212 g/mol. The minimum absolute atomic E-state index is 0.498. The van der Waals surface area contributed by atoms with Crippen molar-refractivity contribution in [1.29, 1.82) is 0 Å². The molecule has 0 nitrogen and oxygen atoms in total. The van der Waals surface area contributed by atoms with Crippen LogP contribution in [0.3, 0.4) is 0 Å². The summed E-state index contributed by atoms with van der Waals surface area (Å²) in [5, 5.41) is 0. The van der Waals surface area contributed by atoms with E-state index in [1.165, 1.54) is 25.7 Å². The molecule has 0 spiro atoms. The standard InChI is InChI=1S/C15H32/c1-12(2)10-8-9-11-14(5)15(6,7)13(3)4/h12-14H,8-11H2,1-7H3. The number of hydrogen-bond acceptors (Lipinski definition) is 0. The molecule has 0 aliphatic heterocycles. The lowest BCUT2D eigenvalue weighted by Gasteiger charge is -2.36. The van der Waals surface area contributed by atoms with Crippen molar-refractivity contribution in [3.8, 4) is 0 Å². The van der Waals surface area contributed by atoms with Gasteiger partial charge in [-0.1, -0.05) is 74.1 Å². The molecule has 0 heteroatoms. The molecule has 0 aliphatic carbocycles. The molecule has 1 unspecified atom stereocenters. The smallest absolute Gasteiger partial charge is 0.0305 e. The molecule has 0 bridgehead atoms. The van der Waals surface area contributed by atoms with Crippen LogP contribution in [0.15, 0.2) is 0 Å². The predicted octanol–water partition coefficient (Wildman–Crippen LogP) is 5.52. The van der Waals surface area contributed by atoms with Crippen LogP contribution in [0.5, 0.6) is 0 Å². The van der Waals surface area contributed by atoms with Crippen molar-refractivity contribution in [2.24, 2.45) is 23.2 Å². The van der Waals surface area contributed by atoms with Gasteiger partial charge in [-0.05, 0) is 23.2 Å². The van der Waals surface area contributed by atoms with Gasteiger partial charge in [-0.25, -0.2) is 0 Å². The second-order valence-corrected chi connectivity index (χ2v) is 6.56. The molecular weight excluding hydrogens is 180 g/mol. The van der Waals surface area contributed by atoms with Gasteiger partial charge in [0, 0.05) is 0 Å². The van der Waals surface area contributed by atoms with Crippen LogP contribution in [0.2, 0.25) is 0 Å². The first-order valence-corrected chi connectivity index (χ1v) is 6.78. The molecule has 0 aromatic carbocycles. The van der Waals surface area contributed by atoms with Gasteiger partial charge < -0.3 is 0 Å². The van der Waals surface area contributed by atoms with E-state index in [9.17, 15) is 0 Å². The average molecular weight is 212 g/mol. The molecule has 0 aromatic heterocycles. The highest BCUT2D eigenvalue weighted by atomic mass is 14.3. The van der Waals surface area contributed by atoms with Crippen LogP contribution in [0.1, 0.15) is 74.1 Å². The summed E-state index contributed by atoms with van der Waals surface area (Å²) in [4.78, 5) is 0. The summed E-state index contributed by atoms with van der Waals surface area (Å²) in [6.45, 7) is 16.6. The third kappa shape index (κ3) is 5.58. The van der Waals surface area contributed by atoms with E-state index in [1.807, 2.05) is 0 Å². The first-order chi connectivity index (χ1) is 6.78. The van der Waals surface area contributed by atoms with Crippen molar-refractivity contribution in [3.63, 3.8) is 0 Å². The number of hydrogen-bond donors (Lipinski definition) is 0. The molecule has 0 amide bonds. The highest BCUT2D eigenvalue weighted by Crippen LogP contribution is 2.37. The van der Waals surface area contributed by atoms with Crippen molar-refractivity contribution in [2.45, 2.75) is 74.1 Å². The van der Waals surface area contributed by atoms with Gasteiger partial charge in [0.2, 0.25) is 0 Å². The van der Waals surface area contributed by atoms with Crippen LogP contribution in [0.4, 0.5) is 0 Å². The van der Waals surface area contributed by atoms with E-state index in [-0.39, 0.29) is 0 Å². The Kier molecular flexibility index (Phi) is 6.55. The topological polar surface area (TPSA) is 0 Å². The Morgan fingerprint density at radius 3 is 1.67 bits per heavy atom. The highest BCUT2D eigenvalue weighted by Gasteiger charge is 2.28. The zero-order valence-electron chi connectivity index (χ0n) is 12.1. The average Bonchev–Trinajstić information content (AvgIpc) is 2.11.